The van der Waals surface area contributed by atoms with E-state index in [1.807, 2.05) is 6.92 Å². The van der Waals surface area contributed by atoms with Gasteiger partial charge in [-0.25, -0.2) is 5.48 Å². The molecule has 0 bridgehead atoms. The van der Waals surface area contributed by atoms with Gasteiger partial charge in [0.15, 0.2) is 0 Å². The van der Waals surface area contributed by atoms with E-state index in [-0.39, 0.29) is 23.8 Å². The van der Waals surface area contributed by atoms with E-state index < -0.39 is 0 Å². The van der Waals surface area contributed by atoms with Crippen LogP contribution in [0.3, 0.4) is 0 Å². The van der Waals surface area contributed by atoms with Crippen LogP contribution in [-0.4, -0.2) is 24.5 Å². The Hall–Kier alpha value is -1.10. The predicted molar refractivity (Wildman–Crippen MR) is 80.2 cm³/mol. The molecule has 2 saturated carbocycles. The molecule has 0 aliphatic heterocycles. The second-order valence-electron chi connectivity index (χ2n) is 6.37. The summed E-state index contributed by atoms with van der Waals surface area (Å²) < 4.78 is 0. The maximum atomic E-state index is 12.0. The van der Waals surface area contributed by atoms with Crippen molar-refractivity contribution < 1.29 is 14.4 Å². The van der Waals surface area contributed by atoms with Gasteiger partial charge in [-0.1, -0.05) is 12.8 Å². The van der Waals surface area contributed by atoms with Crippen LogP contribution in [0.1, 0.15) is 64.7 Å². The van der Waals surface area contributed by atoms with E-state index in [0.717, 1.165) is 25.7 Å². The third kappa shape index (κ3) is 5.30. The fraction of sp³-hybridized carbons (Fsp3) is 0.875. The molecule has 2 N–H and O–H groups in total. The average molecular weight is 296 g/mol. The maximum Gasteiger partial charge on any atom is 0.246 e. The van der Waals surface area contributed by atoms with Crippen molar-refractivity contribution in [1.29, 1.82) is 0 Å². The Morgan fingerprint density at radius 2 is 1.71 bits per heavy atom. The lowest BCUT2D eigenvalue weighted by atomic mass is 9.85. The molecule has 2 aliphatic carbocycles. The van der Waals surface area contributed by atoms with Gasteiger partial charge < -0.3 is 5.32 Å². The summed E-state index contributed by atoms with van der Waals surface area (Å²) in [6.07, 6.45) is 9.08. The lowest BCUT2D eigenvalue weighted by Gasteiger charge is -2.28. The van der Waals surface area contributed by atoms with E-state index in [0.29, 0.717) is 18.9 Å². The van der Waals surface area contributed by atoms with Gasteiger partial charge in [-0.15, -0.1) is 0 Å². The van der Waals surface area contributed by atoms with Gasteiger partial charge in [0.05, 0.1) is 6.61 Å². The molecule has 0 aromatic rings. The van der Waals surface area contributed by atoms with Crippen LogP contribution >= 0.6 is 0 Å². The highest BCUT2D eigenvalue weighted by atomic mass is 16.6. The molecule has 0 spiro atoms. The number of hydrogen-bond donors (Lipinski definition) is 2. The monoisotopic (exact) mass is 296 g/mol. The summed E-state index contributed by atoms with van der Waals surface area (Å²) in [5, 5.41) is 3.15. The molecule has 2 rings (SSSR count). The molecule has 0 aromatic heterocycles. The van der Waals surface area contributed by atoms with Crippen LogP contribution < -0.4 is 10.8 Å². The first-order valence-corrected chi connectivity index (χ1v) is 8.40. The Labute approximate surface area is 127 Å². The van der Waals surface area contributed by atoms with Crippen molar-refractivity contribution in [2.45, 2.75) is 70.8 Å². The van der Waals surface area contributed by atoms with Crippen LogP contribution in [0.15, 0.2) is 0 Å². The van der Waals surface area contributed by atoms with Gasteiger partial charge in [-0.05, 0) is 51.4 Å². The second-order valence-corrected chi connectivity index (χ2v) is 6.37. The Morgan fingerprint density at radius 1 is 1.05 bits per heavy atom. The molecule has 120 valence electrons. The predicted octanol–water partition coefficient (Wildman–Crippen LogP) is 2.31. The SMILES string of the molecule is CCONC(=O)C1CCC(NC(=O)CC2CCCC2)CC1. The van der Waals surface area contributed by atoms with Gasteiger partial charge in [-0.3, -0.25) is 14.4 Å². The molecule has 0 unspecified atom stereocenters. The number of rotatable bonds is 6. The standard InChI is InChI=1S/C16H28N2O3/c1-2-21-18-16(20)13-7-9-14(10-8-13)17-15(19)11-12-5-3-4-6-12/h12-14H,2-11H2,1H3,(H,17,19)(H,18,20). The van der Waals surface area contributed by atoms with Gasteiger partial charge >= 0.3 is 0 Å². The van der Waals surface area contributed by atoms with E-state index in [4.69, 9.17) is 4.84 Å². The van der Waals surface area contributed by atoms with E-state index in [9.17, 15) is 9.59 Å². The fourth-order valence-electron chi connectivity index (χ4n) is 3.49. The van der Waals surface area contributed by atoms with Crippen molar-refractivity contribution in [1.82, 2.24) is 10.8 Å². The zero-order chi connectivity index (χ0) is 15.1. The van der Waals surface area contributed by atoms with Gasteiger partial charge in [-0.2, -0.15) is 0 Å². The highest BCUT2D eigenvalue weighted by molar-refractivity contribution is 5.78. The van der Waals surface area contributed by atoms with Crippen molar-refractivity contribution in [2.24, 2.45) is 11.8 Å². The molecule has 2 aliphatic rings. The summed E-state index contributed by atoms with van der Waals surface area (Å²) in [6.45, 7) is 2.33. The highest BCUT2D eigenvalue weighted by Gasteiger charge is 2.28. The minimum absolute atomic E-state index is 0.0208. The van der Waals surface area contributed by atoms with Gasteiger partial charge in [0.2, 0.25) is 11.8 Å². The first-order valence-electron chi connectivity index (χ1n) is 8.40. The highest BCUT2D eigenvalue weighted by Crippen LogP contribution is 2.28. The molecule has 5 heteroatoms. The first kappa shape index (κ1) is 16.3. The Kier molecular flexibility index (Phi) is 6.49. The molecule has 0 atom stereocenters. The normalized spacial score (nSPS) is 26.5. The molecule has 2 amide bonds. The molecule has 5 nitrogen and oxygen atoms in total. The molecule has 0 saturated heterocycles. The van der Waals surface area contributed by atoms with Crippen molar-refractivity contribution in [3.8, 4) is 0 Å². The molecule has 2 fully saturated rings. The molecule has 21 heavy (non-hydrogen) atoms. The zero-order valence-electron chi connectivity index (χ0n) is 13.0. The summed E-state index contributed by atoms with van der Waals surface area (Å²) in [6, 6.07) is 0.245. The Morgan fingerprint density at radius 3 is 2.33 bits per heavy atom. The number of hydroxylamine groups is 1. The summed E-state index contributed by atoms with van der Waals surface area (Å²) in [5.74, 6) is 0.801. The number of carbonyl (C=O) groups excluding carboxylic acids is 2. The van der Waals surface area contributed by atoms with Crippen LogP contribution in [0, 0.1) is 11.8 Å². The largest absolute Gasteiger partial charge is 0.353 e. The van der Waals surface area contributed by atoms with E-state index >= 15 is 0 Å². The Balaban J connectivity index is 1.64. The summed E-state index contributed by atoms with van der Waals surface area (Å²) in [4.78, 5) is 28.8. The lowest BCUT2D eigenvalue weighted by molar-refractivity contribution is -0.138. The molecule has 0 aromatic carbocycles. The smallest absolute Gasteiger partial charge is 0.246 e. The van der Waals surface area contributed by atoms with E-state index in [1.165, 1.54) is 25.7 Å². The van der Waals surface area contributed by atoms with Crippen LogP contribution in [-0.2, 0) is 14.4 Å². The number of hydrogen-bond acceptors (Lipinski definition) is 3. The minimum Gasteiger partial charge on any atom is -0.353 e. The molecule has 0 radical (unpaired) electrons. The minimum atomic E-state index is -0.0208. The van der Waals surface area contributed by atoms with Gasteiger partial charge in [0.1, 0.15) is 0 Å². The molecule has 0 heterocycles. The van der Waals surface area contributed by atoms with Crippen molar-refractivity contribution in [2.75, 3.05) is 6.61 Å². The molecular formula is C16H28N2O3. The average Bonchev–Trinajstić information content (AvgIpc) is 2.98. The lowest BCUT2D eigenvalue weighted by Crippen LogP contribution is -2.41. The number of nitrogens with one attached hydrogen (secondary N) is 2. The second kappa shape index (κ2) is 8.37. The van der Waals surface area contributed by atoms with Gasteiger partial charge in [0, 0.05) is 18.4 Å². The maximum absolute atomic E-state index is 12.0. The summed E-state index contributed by atoms with van der Waals surface area (Å²) in [7, 11) is 0. The quantitative estimate of drug-likeness (QED) is 0.739. The van der Waals surface area contributed by atoms with E-state index in [1.54, 1.807) is 0 Å². The number of amides is 2. The third-order valence-electron chi connectivity index (χ3n) is 4.73. The zero-order valence-corrected chi connectivity index (χ0v) is 13.0. The van der Waals surface area contributed by atoms with Crippen molar-refractivity contribution >= 4 is 11.8 Å². The third-order valence-corrected chi connectivity index (χ3v) is 4.73. The van der Waals surface area contributed by atoms with E-state index in [2.05, 4.69) is 10.8 Å². The van der Waals surface area contributed by atoms with Gasteiger partial charge in [0.25, 0.3) is 0 Å². The fourth-order valence-corrected chi connectivity index (χ4v) is 3.49. The number of carbonyl (C=O) groups is 2. The van der Waals surface area contributed by atoms with Crippen LogP contribution in [0.25, 0.3) is 0 Å². The van der Waals surface area contributed by atoms with Crippen LogP contribution in [0.4, 0.5) is 0 Å². The summed E-state index contributed by atoms with van der Waals surface area (Å²) in [5.41, 5.74) is 2.48. The molecular weight excluding hydrogens is 268 g/mol. The van der Waals surface area contributed by atoms with Crippen LogP contribution in [0.2, 0.25) is 0 Å². The van der Waals surface area contributed by atoms with Crippen molar-refractivity contribution in [3.05, 3.63) is 0 Å². The topological polar surface area (TPSA) is 67.4 Å². The van der Waals surface area contributed by atoms with Crippen LogP contribution in [0.5, 0.6) is 0 Å². The summed E-state index contributed by atoms with van der Waals surface area (Å²) >= 11 is 0. The first-order chi connectivity index (χ1) is 10.2. The van der Waals surface area contributed by atoms with Crippen molar-refractivity contribution in [3.63, 3.8) is 0 Å². The Bertz CT molecular complexity index is 345.